The van der Waals surface area contributed by atoms with Crippen LogP contribution < -0.4 is 10.5 Å². The standard InChI is InChI=1S/C26H24N4O3/c1-17-16-21(22-14-15-30(28-22)20-12-8-5-9-13-20)23(27)18(2)25(17)33-26(31)24(29-32-3)19-10-6-4-7-11-19/h4-16H,27H2,1-3H3. The molecule has 4 aromatic rings. The lowest BCUT2D eigenvalue weighted by Gasteiger charge is -2.16. The second kappa shape index (κ2) is 9.40. The Bertz CT molecular complexity index is 1310. The molecule has 0 bridgehead atoms. The number of anilines is 1. The highest BCUT2D eigenvalue weighted by atomic mass is 16.6. The normalized spacial score (nSPS) is 11.3. The lowest BCUT2D eigenvalue weighted by molar-refractivity contribution is -0.127. The van der Waals surface area contributed by atoms with Crippen LogP contribution in [0.25, 0.3) is 16.9 Å². The summed E-state index contributed by atoms with van der Waals surface area (Å²) in [5.41, 5.74) is 11.5. The molecule has 0 amide bonds. The number of para-hydroxylation sites is 1. The minimum atomic E-state index is -0.630. The number of aromatic nitrogens is 2. The molecule has 0 fully saturated rings. The Morgan fingerprint density at radius 2 is 1.67 bits per heavy atom. The molecular formula is C26H24N4O3. The molecule has 2 N–H and O–H groups in total. The van der Waals surface area contributed by atoms with Crippen molar-refractivity contribution in [1.82, 2.24) is 9.78 Å². The van der Waals surface area contributed by atoms with Gasteiger partial charge in [-0.2, -0.15) is 5.10 Å². The molecule has 0 unspecified atom stereocenters. The average molecular weight is 441 g/mol. The third-order valence-corrected chi connectivity index (χ3v) is 5.26. The first-order valence-corrected chi connectivity index (χ1v) is 10.4. The van der Waals surface area contributed by atoms with Gasteiger partial charge in [-0.1, -0.05) is 53.7 Å². The van der Waals surface area contributed by atoms with Crippen LogP contribution in [0.4, 0.5) is 5.69 Å². The fraction of sp³-hybridized carbons (Fsp3) is 0.115. The van der Waals surface area contributed by atoms with Crippen LogP contribution in [0.5, 0.6) is 5.75 Å². The quantitative estimate of drug-likeness (QED) is 0.154. The van der Waals surface area contributed by atoms with Gasteiger partial charge in [0.25, 0.3) is 0 Å². The van der Waals surface area contributed by atoms with Crippen molar-refractivity contribution in [2.24, 2.45) is 5.16 Å². The van der Waals surface area contributed by atoms with Crippen LogP contribution in [-0.2, 0) is 9.63 Å². The minimum Gasteiger partial charge on any atom is -0.421 e. The predicted octanol–water partition coefficient (Wildman–Crippen LogP) is 4.69. The van der Waals surface area contributed by atoms with E-state index < -0.39 is 5.97 Å². The number of hydrogen-bond donors (Lipinski definition) is 1. The largest absolute Gasteiger partial charge is 0.421 e. The maximum absolute atomic E-state index is 12.9. The number of nitrogens with zero attached hydrogens (tertiary/aromatic N) is 3. The summed E-state index contributed by atoms with van der Waals surface area (Å²) >= 11 is 0. The number of ether oxygens (including phenoxy) is 1. The van der Waals surface area contributed by atoms with Crippen molar-refractivity contribution in [2.75, 3.05) is 12.8 Å². The number of nitrogens with two attached hydrogens (primary N) is 1. The van der Waals surface area contributed by atoms with Gasteiger partial charge in [-0.25, -0.2) is 9.48 Å². The van der Waals surface area contributed by atoms with Crippen molar-refractivity contribution in [3.05, 3.63) is 95.7 Å². The first-order valence-electron chi connectivity index (χ1n) is 10.4. The van der Waals surface area contributed by atoms with Gasteiger partial charge in [0.05, 0.1) is 11.4 Å². The summed E-state index contributed by atoms with van der Waals surface area (Å²) in [5, 5.41) is 8.54. The van der Waals surface area contributed by atoms with E-state index in [2.05, 4.69) is 10.3 Å². The second-order valence-corrected chi connectivity index (χ2v) is 7.47. The summed E-state index contributed by atoms with van der Waals surface area (Å²) in [6.07, 6.45) is 1.88. The van der Waals surface area contributed by atoms with E-state index in [4.69, 9.17) is 15.3 Å². The summed E-state index contributed by atoms with van der Waals surface area (Å²) in [4.78, 5) is 17.8. The molecule has 1 heterocycles. The van der Waals surface area contributed by atoms with Crippen molar-refractivity contribution < 1.29 is 14.4 Å². The summed E-state index contributed by atoms with van der Waals surface area (Å²) in [5.74, 6) is -0.238. The molecule has 0 aliphatic rings. The summed E-state index contributed by atoms with van der Waals surface area (Å²) in [6.45, 7) is 3.68. The van der Waals surface area contributed by atoms with E-state index in [0.717, 1.165) is 22.5 Å². The van der Waals surface area contributed by atoms with Crippen LogP contribution in [0.3, 0.4) is 0 Å². The monoisotopic (exact) mass is 440 g/mol. The summed E-state index contributed by atoms with van der Waals surface area (Å²) < 4.78 is 7.53. The molecule has 0 saturated carbocycles. The van der Waals surface area contributed by atoms with Crippen LogP contribution >= 0.6 is 0 Å². The van der Waals surface area contributed by atoms with E-state index in [1.807, 2.05) is 80.7 Å². The number of hydrogen-bond acceptors (Lipinski definition) is 6. The smallest absolute Gasteiger partial charge is 0.366 e. The maximum atomic E-state index is 12.9. The fourth-order valence-electron chi connectivity index (χ4n) is 3.58. The lowest BCUT2D eigenvalue weighted by Crippen LogP contribution is -2.23. The summed E-state index contributed by atoms with van der Waals surface area (Å²) in [6, 6.07) is 22.6. The van der Waals surface area contributed by atoms with E-state index in [0.29, 0.717) is 22.6 Å². The Morgan fingerprint density at radius 1 is 1.00 bits per heavy atom. The van der Waals surface area contributed by atoms with Gasteiger partial charge in [0.15, 0.2) is 5.71 Å². The van der Waals surface area contributed by atoms with Crippen LogP contribution in [0.1, 0.15) is 16.7 Å². The number of oxime groups is 1. The SMILES string of the molecule is CON=C(C(=O)Oc1c(C)cc(-c2ccn(-c3ccccc3)n2)c(N)c1C)c1ccccc1. The van der Waals surface area contributed by atoms with Gasteiger partial charge in [-0.05, 0) is 43.7 Å². The Kier molecular flexibility index (Phi) is 6.22. The lowest BCUT2D eigenvalue weighted by atomic mass is 10.0. The van der Waals surface area contributed by atoms with Crippen LogP contribution in [0.15, 0.2) is 84.1 Å². The molecule has 0 spiro atoms. The van der Waals surface area contributed by atoms with Gasteiger partial charge in [0.1, 0.15) is 12.9 Å². The Hall–Kier alpha value is -4.39. The topological polar surface area (TPSA) is 91.7 Å². The predicted molar refractivity (Wildman–Crippen MR) is 129 cm³/mol. The molecule has 0 aliphatic heterocycles. The molecule has 0 saturated heterocycles. The van der Waals surface area contributed by atoms with Crippen molar-refractivity contribution in [3.8, 4) is 22.7 Å². The van der Waals surface area contributed by atoms with Gasteiger partial charge in [0.2, 0.25) is 0 Å². The zero-order valence-electron chi connectivity index (χ0n) is 18.6. The molecular weight excluding hydrogens is 416 g/mol. The first kappa shape index (κ1) is 21.8. The van der Waals surface area contributed by atoms with E-state index in [-0.39, 0.29) is 5.71 Å². The highest BCUT2D eigenvalue weighted by molar-refractivity contribution is 6.43. The van der Waals surface area contributed by atoms with E-state index in [9.17, 15) is 4.79 Å². The number of rotatable bonds is 6. The molecule has 7 nitrogen and oxygen atoms in total. The highest BCUT2D eigenvalue weighted by Gasteiger charge is 2.22. The average Bonchev–Trinajstić information content (AvgIpc) is 3.33. The van der Waals surface area contributed by atoms with Crippen LogP contribution in [-0.4, -0.2) is 28.6 Å². The zero-order chi connectivity index (χ0) is 23.4. The Balaban J connectivity index is 1.66. The number of nitrogen functional groups attached to an aromatic ring is 1. The molecule has 4 rings (SSSR count). The zero-order valence-corrected chi connectivity index (χ0v) is 18.6. The van der Waals surface area contributed by atoms with Crippen LogP contribution in [0, 0.1) is 13.8 Å². The van der Waals surface area contributed by atoms with Crippen molar-refractivity contribution in [2.45, 2.75) is 13.8 Å². The number of benzene rings is 3. The van der Waals surface area contributed by atoms with Gasteiger partial charge >= 0.3 is 5.97 Å². The summed E-state index contributed by atoms with van der Waals surface area (Å²) in [7, 11) is 1.38. The van der Waals surface area contributed by atoms with Gasteiger partial charge in [-0.15, -0.1) is 0 Å². The molecule has 0 aliphatic carbocycles. The Morgan fingerprint density at radius 3 is 2.33 bits per heavy atom. The van der Waals surface area contributed by atoms with Crippen molar-refractivity contribution >= 4 is 17.4 Å². The number of esters is 1. The molecule has 0 atom stereocenters. The molecule has 166 valence electrons. The van der Waals surface area contributed by atoms with E-state index >= 15 is 0 Å². The highest BCUT2D eigenvalue weighted by Crippen LogP contribution is 2.36. The first-order chi connectivity index (χ1) is 16.0. The van der Waals surface area contributed by atoms with Gasteiger partial charge < -0.3 is 15.3 Å². The molecule has 1 aromatic heterocycles. The number of carbonyl (C=O) groups is 1. The fourth-order valence-corrected chi connectivity index (χ4v) is 3.58. The van der Waals surface area contributed by atoms with Gasteiger partial charge in [-0.3, -0.25) is 0 Å². The number of aryl methyl sites for hydroxylation is 1. The molecule has 7 heteroatoms. The van der Waals surface area contributed by atoms with Crippen molar-refractivity contribution in [3.63, 3.8) is 0 Å². The number of carbonyl (C=O) groups excluding carboxylic acids is 1. The Labute approximate surface area is 192 Å². The molecule has 0 radical (unpaired) electrons. The van der Waals surface area contributed by atoms with E-state index in [1.54, 1.807) is 16.8 Å². The van der Waals surface area contributed by atoms with Crippen LogP contribution in [0.2, 0.25) is 0 Å². The maximum Gasteiger partial charge on any atom is 0.366 e. The van der Waals surface area contributed by atoms with Gasteiger partial charge in [0, 0.05) is 28.6 Å². The third-order valence-electron chi connectivity index (χ3n) is 5.26. The third kappa shape index (κ3) is 4.48. The van der Waals surface area contributed by atoms with E-state index in [1.165, 1.54) is 7.11 Å². The molecule has 33 heavy (non-hydrogen) atoms. The minimum absolute atomic E-state index is 0.0705. The molecule has 3 aromatic carbocycles. The second-order valence-electron chi connectivity index (χ2n) is 7.47. The van der Waals surface area contributed by atoms with Crippen molar-refractivity contribution in [1.29, 1.82) is 0 Å².